The second kappa shape index (κ2) is 6.98. The highest BCUT2D eigenvalue weighted by atomic mass is 19.4. The van der Waals surface area contributed by atoms with Gasteiger partial charge in [-0.3, -0.25) is 0 Å². The van der Waals surface area contributed by atoms with E-state index in [0.29, 0.717) is 6.61 Å². The third kappa shape index (κ3) is 6.66. The molecular weight excluding hydrogens is 261 g/mol. The number of hydrogen-bond donors (Lipinski definition) is 2. The lowest BCUT2D eigenvalue weighted by atomic mass is 10.1. The fourth-order valence-corrected chi connectivity index (χ4v) is 1.35. The minimum absolute atomic E-state index is 0.164. The van der Waals surface area contributed by atoms with Crippen LogP contribution in [0.1, 0.15) is 11.1 Å². The number of nitrogens with one attached hydrogen (secondary N) is 2. The van der Waals surface area contributed by atoms with Gasteiger partial charge in [0.2, 0.25) is 0 Å². The first-order valence-corrected chi connectivity index (χ1v) is 5.56. The molecule has 0 fully saturated rings. The number of hydrogen-bond acceptors (Lipinski definition) is 2. The Hall–Kier alpha value is -1.76. The zero-order valence-electron chi connectivity index (χ0n) is 10.4. The molecular formula is C12H15F3N2O2. The van der Waals surface area contributed by atoms with Gasteiger partial charge in [-0.15, -0.1) is 0 Å². The van der Waals surface area contributed by atoms with Gasteiger partial charge in [-0.2, -0.15) is 13.2 Å². The van der Waals surface area contributed by atoms with Crippen molar-refractivity contribution >= 4 is 6.03 Å². The molecule has 0 heterocycles. The number of carbonyl (C=O) groups is 1. The monoisotopic (exact) mass is 276 g/mol. The average molecular weight is 276 g/mol. The third-order valence-corrected chi connectivity index (χ3v) is 2.24. The van der Waals surface area contributed by atoms with E-state index in [9.17, 15) is 18.0 Å². The second-order valence-electron chi connectivity index (χ2n) is 3.90. The number of ether oxygens (including phenoxy) is 1. The normalized spacial score (nSPS) is 11.2. The van der Waals surface area contributed by atoms with Crippen LogP contribution in [0.2, 0.25) is 0 Å². The first kappa shape index (κ1) is 15.3. The summed E-state index contributed by atoms with van der Waals surface area (Å²) in [7, 11) is 1.58. The Bertz CT molecular complexity index is 404. The van der Waals surface area contributed by atoms with E-state index >= 15 is 0 Å². The van der Waals surface area contributed by atoms with Gasteiger partial charge in [-0.1, -0.05) is 24.3 Å². The number of carbonyl (C=O) groups excluding carboxylic acids is 1. The lowest BCUT2D eigenvalue weighted by Gasteiger charge is -2.10. The molecule has 2 N–H and O–H groups in total. The molecule has 0 unspecified atom stereocenters. The smallest absolute Gasteiger partial charge is 0.380 e. The molecule has 0 spiro atoms. The summed E-state index contributed by atoms with van der Waals surface area (Å²) in [5, 5.41) is 4.07. The molecule has 0 radical (unpaired) electrons. The Balaban J connectivity index is 2.33. The topological polar surface area (TPSA) is 50.4 Å². The van der Waals surface area contributed by atoms with Crippen molar-refractivity contribution in [2.75, 3.05) is 13.7 Å². The summed E-state index contributed by atoms with van der Waals surface area (Å²) >= 11 is 0. The van der Waals surface area contributed by atoms with Crippen LogP contribution in [0.4, 0.5) is 18.0 Å². The number of methoxy groups -OCH3 is 1. The van der Waals surface area contributed by atoms with Crippen LogP contribution in [-0.4, -0.2) is 25.9 Å². The molecule has 0 saturated heterocycles. The SMILES string of the molecule is COCc1ccc(CNC(=O)NCC(F)(F)F)cc1. The number of urea groups is 1. The molecule has 0 saturated carbocycles. The van der Waals surface area contributed by atoms with Crippen LogP contribution in [0.15, 0.2) is 24.3 Å². The van der Waals surface area contributed by atoms with Crippen molar-refractivity contribution in [1.82, 2.24) is 10.6 Å². The zero-order chi connectivity index (χ0) is 14.3. The Kier molecular flexibility index (Phi) is 5.62. The van der Waals surface area contributed by atoms with Crippen LogP contribution in [0.3, 0.4) is 0 Å². The molecule has 4 nitrogen and oxygen atoms in total. The van der Waals surface area contributed by atoms with E-state index in [1.165, 1.54) is 0 Å². The molecule has 7 heteroatoms. The van der Waals surface area contributed by atoms with Crippen molar-refractivity contribution in [2.24, 2.45) is 0 Å². The summed E-state index contributed by atoms with van der Waals surface area (Å²) in [6.07, 6.45) is -4.40. The van der Waals surface area contributed by atoms with Crippen molar-refractivity contribution < 1.29 is 22.7 Å². The molecule has 0 atom stereocenters. The van der Waals surface area contributed by atoms with Gasteiger partial charge in [0.1, 0.15) is 6.54 Å². The predicted molar refractivity (Wildman–Crippen MR) is 63.4 cm³/mol. The molecule has 0 aliphatic rings. The fourth-order valence-electron chi connectivity index (χ4n) is 1.35. The van der Waals surface area contributed by atoms with Crippen molar-refractivity contribution in [3.05, 3.63) is 35.4 Å². The van der Waals surface area contributed by atoms with E-state index in [2.05, 4.69) is 5.32 Å². The van der Waals surface area contributed by atoms with E-state index in [1.807, 2.05) is 12.1 Å². The van der Waals surface area contributed by atoms with Crippen LogP contribution < -0.4 is 10.6 Å². The van der Waals surface area contributed by atoms with Crippen LogP contribution in [0.5, 0.6) is 0 Å². The van der Waals surface area contributed by atoms with E-state index in [-0.39, 0.29) is 6.54 Å². The highest BCUT2D eigenvalue weighted by Gasteiger charge is 2.27. The highest BCUT2D eigenvalue weighted by Crippen LogP contribution is 2.12. The predicted octanol–water partition coefficient (Wildman–Crippen LogP) is 2.19. The lowest BCUT2D eigenvalue weighted by molar-refractivity contribution is -0.122. The number of halogens is 3. The summed E-state index contributed by atoms with van der Waals surface area (Å²) in [5.74, 6) is 0. The summed E-state index contributed by atoms with van der Waals surface area (Å²) in [4.78, 5) is 11.1. The molecule has 0 aromatic heterocycles. The molecule has 1 rings (SSSR count). The molecule has 1 aromatic carbocycles. The van der Waals surface area contributed by atoms with Crippen LogP contribution in [0.25, 0.3) is 0 Å². The van der Waals surface area contributed by atoms with Gasteiger partial charge in [-0.25, -0.2) is 4.79 Å². The largest absolute Gasteiger partial charge is 0.405 e. The molecule has 0 bridgehead atoms. The average Bonchev–Trinajstić information content (AvgIpc) is 2.35. The Morgan fingerprint density at radius 3 is 2.26 bits per heavy atom. The fraction of sp³-hybridized carbons (Fsp3) is 0.417. The van der Waals surface area contributed by atoms with Gasteiger partial charge in [-0.05, 0) is 11.1 Å². The standard InChI is InChI=1S/C12H15F3N2O2/c1-19-7-10-4-2-9(3-5-10)6-16-11(18)17-8-12(13,14)15/h2-5H,6-8H2,1H3,(H2,16,17,18). The van der Waals surface area contributed by atoms with Crippen molar-refractivity contribution in [3.8, 4) is 0 Å². The van der Waals surface area contributed by atoms with E-state index in [4.69, 9.17) is 4.74 Å². The van der Waals surface area contributed by atoms with Gasteiger partial charge in [0.05, 0.1) is 6.61 Å². The van der Waals surface area contributed by atoms with E-state index < -0.39 is 18.8 Å². The third-order valence-electron chi connectivity index (χ3n) is 2.24. The molecule has 0 aliphatic carbocycles. The summed E-state index contributed by atoms with van der Waals surface area (Å²) in [6, 6.07) is 6.36. The van der Waals surface area contributed by atoms with E-state index in [1.54, 1.807) is 24.6 Å². The number of alkyl halides is 3. The minimum atomic E-state index is -4.40. The first-order chi connectivity index (χ1) is 8.90. The van der Waals surface area contributed by atoms with Crippen molar-refractivity contribution in [3.63, 3.8) is 0 Å². The van der Waals surface area contributed by atoms with Gasteiger partial charge in [0.25, 0.3) is 0 Å². The summed E-state index contributed by atoms with van der Waals surface area (Å²) in [5.41, 5.74) is 1.77. The van der Waals surface area contributed by atoms with Crippen molar-refractivity contribution in [1.29, 1.82) is 0 Å². The van der Waals surface area contributed by atoms with E-state index in [0.717, 1.165) is 11.1 Å². The summed E-state index contributed by atoms with van der Waals surface area (Å²) < 4.78 is 40.5. The lowest BCUT2D eigenvalue weighted by Crippen LogP contribution is -2.40. The minimum Gasteiger partial charge on any atom is -0.380 e. The molecule has 19 heavy (non-hydrogen) atoms. The Labute approximate surface area is 108 Å². The summed E-state index contributed by atoms with van der Waals surface area (Å²) in [6.45, 7) is -0.692. The molecule has 1 aromatic rings. The Morgan fingerprint density at radius 1 is 1.16 bits per heavy atom. The molecule has 106 valence electrons. The maximum atomic E-state index is 11.8. The maximum absolute atomic E-state index is 11.8. The molecule has 0 aliphatic heterocycles. The maximum Gasteiger partial charge on any atom is 0.405 e. The number of amides is 2. The zero-order valence-corrected chi connectivity index (χ0v) is 10.4. The van der Waals surface area contributed by atoms with Gasteiger partial charge < -0.3 is 15.4 Å². The number of rotatable bonds is 5. The van der Waals surface area contributed by atoms with Crippen LogP contribution >= 0.6 is 0 Å². The first-order valence-electron chi connectivity index (χ1n) is 5.56. The second-order valence-corrected chi connectivity index (χ2v) is 3.90. The quantitative estimate of drug-likeness (QED) is 0.866. The van der Waals surface area contributed by atoms with Crippen LogP contribution in [0, 0.1) is 0 Å². The van der Waals surface area contributed by atoms with Gasteiger partial charge in [0, 0.05) is 13.7 Å². The molecule has 2 amide bonds. The van der Waals surface area contributed by atoms with Crippen LogP contribution in [-0.2, 0) is 17.9 Å². The Morgan fingerprint density at radius 2 is 1.74 bits per heavy atom. The van der Waals surface area contributed by atoms with Crippen molar-refractivity contribution in [2.45, 2.75) is 19.3 Å². The van der Waals surface area contributed by atoms with Gasteiger partial charge >= 0.3 is 12.2 Å². The number of benzene rings is 1. The highest BCUT2D eigenvalue weighted by molar-refractivity contribution is 5.73. The van der Waals surface area contributed by atoms with Gasteiger partial charge in [0.15, 0.2) is 0 Å².